The van der Waals surface area contributed by atoms with Crippen molar-refractivity contribution in [3.8, 4) is 0 Å². The van der Waals surface area contributed by atoms with Crippen LogP contribution in [0, 0.1) is 0 Å². The molecule has 6 heteroatoms. The van der Waals surface area contributed by atoms with E-state index in [-0.39, 0.29) is 18.4 Å². The second-order valence-corrected chi connectivity index (χ2v) is 5.36. The van der Waals surface area contributed by atoms with Gasteiger partial charge in [-0.3, -0.25) is 19.3 Å². The smallest absolute Gasteiger partial charge is 0.317 e. The van der Waals surface area contributed by atoms with Crippen LogP contribution in [0.2, 0.25) is 0 Å². The maximum absolute atomic E-state index is 12.0. The molecule has 1 N–H and O–H groups in total. The average Bonchev–Trinajstić information content (AvgIpc) is 2.64. The first-order chi connectivity index (χ1) is 9.02. The van der Waals surface area contributed by atoms with Crippen LogP contribution in [0.15, 0.2) is 24.3 Å². The van der Waals surface area contributed by atoms with Crippen molar-refractivity contribution in [2.24, 2.45) is 0 Å². The number of rotatable bonds is 5. The molecule has 0 bridgehead atoms. The Morgan fingerprint density at radius 1 is 1.21 bits per heavy atom. The third kappa shape index (κ3) is 2.68. The molecule has 100 valence electrons. The number of fused-ring (bicyclic) bond motifs is 1. The molecule has 0 saturated carbocycles. The summed E-state index contributed by atoms with van der Waals surface area (Å²) in [6.07, 6.45) is 0.816. The fourth-order valence-corrected chi connectivity index (χ4v) is 2.32. The van der Waals surface area contributed by atoms with Crippen LogP contribution >= 0.6 is 15.9 Å². The fourth-order valence-electron chi connectivity index (χ4n) is 1.99. The van der Waals surface area contributed by atoms with Crippen LogP contribution in [0.1, 0.15) is 33.6 Å². The molecule has 1 heterocycles. The number of hydrogen-bond donors (Lipinski definition) is 1. The van der Waals surface area contributed by atoms with Crippen LogP contribution < -0.4 is 0 Å². The summed E-state index contributed by atoms with van der Waals surface area (Å²) >= 11 is 3.02. The minimum atomic E-state index is -0.942. The summed E-state index contributed by atoms with van der Waals surface area (Å²) in [5.74, 6) is -1.55. The average molecular weight is 326 g/mol. The van der Waals surface area contributed by atoms with E-state index in [9.17, 15) is 14.4 Å². The predicted octanol–water partition coefficient (Wildman–Crippen LogP) is 1.91. The molecule has 5 nitrogen and oxygen atoms in total. The summed E-state index contributed by atoms with van der Waals surface area (Å²) in [4.78, 5) is 35.1. The van der Waals surface area contributed by atoms with Crippen molar-refractivity contribution in [2.75, 3.05) is 6.54 Å². The number of alkyl halides is 1. The van der Waals surface area contributed by atoms with Crippen molar-refractivity contribution in [1.29, 1.82) is 0 Å². The van der Waals surface area contributed by atoms with Gasteiger partial charge in [-0.15, -0.1) is 0 Å². The minimum absolute atomic E-state index is 0.238. The van der Waals surface area contributed by atoms with E-state index in [1.54, 1.807) is 24.3 Å². The number of imide groups is 1. The van der Waals surface area contributed by atoms with Crippen LogP contribution in [0.5, 0.6) is 0 Å². The fraction of sp³-hybridized carbons (Fsp3) is 0.308. The quantitative estimate of drug-likeness (QED) is 0.662. The Hall–Kier alpha value is -1.69. The molecule has 1 aliphatic heterocycles. The van der Waals surface area contributed by atoms with Gasteiger partial charge in [0.25, 0.3) is 11.8 Å². The highest BCUT2D eigenvalue weighted by atomic mass is 79.9. The van der Waals surface area contributed by atoms with Gasteiger partial charge in [-0.2, -0.15) is 0 Å². The van der Waals surface area contributed by atoms with E-state index in [0.29, 0.717) is 24.0 Å². The molecule has 0 unspecified atom stereocenters. The van der Waals surface area contributed by atoms with Gasteiger partial charge >= 0.3 is 5.97 Å². The highest BCUT2D eigenvalue weighted by Gasteiger charge is 2.34. The molecule has 2 amide bonds. The van der Waals surface area contributed by atoms with E-state index in [2.05, 4.69) is 15.9 Å². The molecule has 0 aromatic heterocycles. The largest absolute Gasteiger partial charge is 0.480 e. The van der Waals surface area contributed by atoms with Crippen molar-refractivity contribution < 1.29 is 19.5 Å². The van der Waals surface area contributed by atoms with E-state index >= 15 is 0 Å². The van der Waals surface area contributed by atoms with Gasteiger partial charge in [-0.05, 0) is 25.0 Å². The zero-order chi connectivity index (χ0) is 14.0. The normalized spacial score (nSPS) is 15.5. The van der Waals surface area contributed by atoms with Crippen molar-refractivity contribution >= 4 is 33.7 Å². The number of benzene rings is 1. The molecular weight excluding hydrogens is 314 g/mol. The maximum atomic E-state index is 12.0. The Balaban J connectivity index is 1.99. The van der Waals surface area contributed by atoms with Gasteiger partial charge in [0.2, 0.25) is 0 Å². The highest BCUT2D eigenvalue weighted by Crippen LogP contribution is 2.23. The van der Waals surface area contributed by atoms with Gasteiger partial charge in [0.05, 0.1) is 11.1 Å². The molecule has 1 aliphatic rings. The number of carboxylic acids is 1. The monoisotopic (exact) mass is 325 g/mol. The highest BCUT2D eigenvalue weighted by molar-refractivity contribution is 9.10. The Kier molecular flexibility index (Phi) is 3.99. The number of hydrogen-bond acceptors (Lipinski definition) is 3. The Bertz CT molecular complexity index is 508. The van der Waals surface area contributed by atoms with Gasteiger partial charge in [0.15, 0.2) is 0 Å². The zero-order valence-electron chi connectivity index (χ0n) is 10.0. The summed E-state index contributed by atoms with van der Waals surface area (Å²) < 4.78 is 0. The van der Waals surface area contributed by atoms with Crippen molar-refractivity contribution in [1.82, 2.24) is 4.90 Å². The van der Waals surface area contributed by atoms with Crippen LogP contribution in [0.4, 0.5) is 0 Å². The van der Waals surface area contributed by atoms with Gasteiger partial charge in [0, 0.05) is 6.54 Å². The standard InChI is InChI=1S/C13H12BrNO4/c14-10(13(18)19)6-3-7-15-11(16)8-4-1-2-5-9(8)12(15)17/h1-2,4-5,10H,3,6-7H2,(H,18,19)/t10-/m0/s1. The lowest BCUT2D eigenvalue weighted by molar-refractivity contribution is -0.136. The molecule has 0 saturated heterocycles. The van der Waals surface area contributed by atoms with Crippen LogP contribution in [-0.2, 0) is 4.79 Å². The molecule has 1 aromatic carbocycles. The minimum Gasteiger partial charge on any atom is -0.480 e. The van der Waals surface area contributed by atoms with Crippen molar-refractivity contribution in [3.63, 3.8) is 0 Å². The Morgan fingerprint density at radius 2 is 1.74 bits per heavy atom. The molecule has 19 heavy (non-hydrogen) atoms. The summed E-state index contributed by atoms with van der Waals surface area (Å²) in [6, 6.07) is 6.68. The van der Waals surface area contributed by atoms with Crippen LogP contribution in [0.25, 0.3) is 0 Å². The van der Waals surface area contributed by atoms with E-state index < -0.39 is 10.8 Å². The van der Waals surface area contributed by atoms with E-state index in [1.165, 1.54) is 4.90 Å². The number of carbonyl (C=O) groups is 3. The van der Waals surface area contributed by atoms with Crippen LogP contribution in [-0.4, -0.2) is 39.2 Å². The topological polar surface area (TPSA) is 74.7 Å². The molecule has 0 aliphatic carbocycles. The maximum Gasteiger partial charge on any atom is 0.317 e. The van der Waals surface area contributed by atoms with E-state index in [1.807, 2.05) is 0 Å². The van der Waals surface area contributed by atoms with Gasteiger partial charge in [0.1, 0.15) is 4.83 Å². The van der Waals surface area contributed by atoms with Gasteiger partial charge < -0.3 is 5.11 Å². The molecular formula is C13H12BrNO4. The van der Waals surface area contributed by atoms with Crippen molar-refractivity contribution in [3.05, 3.63) is 35.4 Å². The SMILES string of the molecule is O=C(O)[C@@H](Br)CCCN1C(=O)c2ccccc2C1=O. The first-order valence-electron chi connectivity index (χ1n) is 5.84. The third-order valence-corrected chi connectivity index (χ3v) is 3.83. The van der Waals surface area contributed by atoms with Gasteiger partial charge in [-0.25, -0.2) is 0 Å². The summed E-state index contributed by atoms with van der Waals surface area (Å²) in [6.45, 7) is 0.238. The third-order valence-electron chi connectivity index (χ3n) is 2.99. The lowest BCUT2D eigenvalue weighted by atomic mass is 10.1. The van der Waals surface area contributed by atoms with E-state index in [4.69, 9.17) is 5.11 Å². The zero-order valence-corrected chi connectivity index (χ0v) is 11.6. The summed E-state index contributed by atoms with van der Waals surface area (Å²) in [7, 11) is 0. The Morgan fingerprint density at radius 3 is 2.21 bits per heavy atom. The molecule has 1 atom stereocenters. The number of carbonyl (C=O) groups excluding carboxylic acids is 2. The van der Waals surface area contributed by atoms with Crippen molar-refractivity contribution in [2.45, 2.75) is 17.7 Å². The molecule has 0 spiro atoms. The molecule has 2 rings (SSSR count). The summed E-state index contributed by atoms with van der Waals surface area (Å²) in [5.41, 5.74) is 0.835. The van der Waals surface area contributed by atoms with Crippen LogP contribution in [0.3, 0.4) is 0 Å². The number of carboxylic acid groups (broad SMARTS) is 1. The predicted molar refractivity (Wildman–Crippen MR) is 71.4 cm³/mol. The molecule has 0 fully saturated rings. The number of nitrogens with zero attached hydrogens (tertiary/aromatic N) is 1. The number of halogens is 1. The summed E-state index contributed by atoms with van der Waals surface area (Å²) in [5, 5.41) is 8.73. The molecule has 1 aromatic rings. The number of amides is 2. The second-order valence-electron chi connectivity index (χ2n) is 4.26. The lowest BCUT2D eigenvalue weighted by Gasteiger charge is -2.14. The first-order valence-corrected chi connectivity index (χ1v) is 6.76. The first kappa shape index (κ1) is 13.7. The molecule has 0 radical (unpaired) electrons. The second kappa shape index (κ2) is 5.52. The number of aliphatic carboxylic acids is 1. The lowest BCUT2D eigenvalue weighted by Crippen LogP contribution is -2.31. The van der Waals surface area contributed by atoms with Gasteiger partial charge in [-0.1, -0.05) is 28.1 Å². The van der Waals surface area contributed by atoms with E-state index in [0.717, 1.165) is 0 Å². The Labute approximate surface area is 118 Å².